The molecule has 1 atom stereocenters. The first-order valence-corrected chi connectivity index (χ1v) is 16.3. The van der Waals surface area contributed by atoms with Crippen LogP contribution in [0.5, 0.6) is 0 Å². The van der Waals surface area contributed by atoms with Crippen LogP contribution in [-0.4, -0.2) is 50.3 Å². The van der Waals surface area contributed by atoms with E-state index in [-0.39, 0.29) is 23.4 Å². The first-order valence-electron chi connectivity index (χ1n) is 14.9. The Bertz CT molecular complexity index is 1470. The van der Waals surface area contributed by atoms with E-state index in [9.17, 15) is 18.0 Å². The molecular formula is C34H43N3O4S. The molecule has 0 saturated heterocycles. The molecule has 0 aliphatic heterocycles. The highest BCUT2D eigenvalue weighted by Crippen LogP contribution is 2.29. The van der Waals surface area contributed by atoms with E-state index in [1.165, 1.54) is 15.6 Å². The van der Waals surface area contributed by atoms with Crippen LogP contribution >= 0.6 is 0 Å². The molecule has 0 heterocycles. The number of nitrogens with zero attached hydrogens (tertiary/aromatic N) is 2. The number of sulfonamides is 1. The lowest BCUT2D eigenvalue weighted by molar-refractivity contribution is -0.139. The molecule has 42 heavy (non-hydrogen) atoms. The maximum absolute atomic E-state index is 14.2. The number of anilines is 1. The Labute approximate surface area is 251 Å². The summed E-state index contributed by atoms with van der Waals surface area (Å²) in [7, 11) is -4.09. The summed E-state index contributed by atoms with van der Waals surface area (Å²) in [5, 5.41) is 3.15. The fraction of sp³-hybridized carbons (Fsp3) is 0.412. The molecule has 3 aromatic carbocycles. The van der Waals surface area contributed by atoms with Crippen molar-refractivity contribution in [1.29, 1.82) is 0 Å². The van der Waals surface area contributed by atoms with Crippen LogP contribution in [0.1, 0.15) is 61.3 Å². The monoisotopic (exact) mass is 589 g/mol. The minimum atomic E-state index is -4.09. The van der Waals surface area contributed by atoms with Gasteiger partial charge in [0.15, 0.2) is 0 Å². The molecule has 0 aromatic heterocycles. The molecule has 224 valence electrons. The molecular weight excluding hydrogens is 546 g/mol. The number of benzene rings is 3. The van der Waals surface area contributed by atoms with Gasteiger partial charge in [0, 0.05) is 12.6 Å². The Balaban J connectivity index is 1.67. The summed E-state index contributed by atoms with van der Waals surface area (Å²) in [6, 6.07) is 21.2. The van der Waals surface area contributed by atoms with Crippen LogP contribution in [0.15, 0.2) is 77.7 Å². The molecule has 4 rings (SSSR count). The number of rotatable bonds is 11. The number of carbonyl (C=O) groups is 2. The fourth-order valence-corrected chi connectivity index (χ4v) is 6.97. The van der Waals surface area contributed by atoms with Gasteiger partial charge in [-0.25, -0.2) is 8.42 Å². The molecule has 1 aliphatic carbocycles. The number of carbonyl (C=O) groups excluding carboxylic acids is 2. The van der Waals surface area contributed by atoms with E-state index in [2.05, 4.69) is 5.32 Å². The van der Waals surface area contributed by atoms with Crippen molar-refractivity contribution in [3.63, 3.8) is 0 Å². The molecule has 8 heteroatoms. The summed E-state index contributed by atoms with van der Waals surface area (Å²) in [4.78, 5) is 29.2. The van der Waals surface area contributed by atoms with E-state index in [0.29, 0.717) is 12.1 Å². The standard InChI is InChI=1S/C34H43N3O4S/c1-25-18-20-31(21-19-25)42(40,41)37(32-17-11-12-26(2)27(32)3)24-33(38)36(23-22-29-13-7-5-8-14-29)28(4)34(39)35-30-15-9-6-10-16-30/h5,7-8,11-14,17-21,28,30H,6,9-10,15-16,22-24H2,1-4H3,(H,35,39)/t28-/m1/s1. The third kappa shape index (κ3) is 7.59. The number of amides is 2. The van der Waals surface area contributed by atoms with Crippen LogP contribution in [0.3, 0.4) is 0 Å². The summed E-state index contributed by atoms with van der Waals surface area (Å²) >= 11 is 0. The van der Waals surface area contributed by atoms with Crippen LogP contribution in [0.2, 0.25) is 0 Å². The minimum Gasteiger partial charge on any atom is -0.352 e. The Hall–Kier alpha value is -3.65. The Kier molecular flexibility index (Phi) is 10.4. The van der Waals surface area contributed by atoms with Gasteiger partial charge in [0.1, 0.15) is 12.6 Å². The molecule has 1 N–H and O–H groups in total. The Morgan fingerprint density at radius 3 is 2.21 bits per heavy atom. The van der Waals surface area contributed by atoms with E-state index in [4.69, 9.17) is 0 Å². The third-order valence-electron chi connectivity index (χ3n) is 8.34. The van der Waals surface area contributed by atoms with Crippen LogP contribution in [0.25, 0.3) is 0 Å². The van der Waals surface area contributed by atoms with Gasteiger partial charge < -0.3 is 10.2 Å². The summed E-state index contributed by atoms with van der Waals surface area (Å²) in [6.07, 6.45) is 5.75. The quantitative estimate of drug-likeness (QED) is 0.310. The molecule has 0 spiro atoms. The van der Waals surface area contributed by atoms with Gasteiger partial charge >= 0.3 is 0 Å². The lowest BCUT2D eigenvalue weighted by atomic mass is 9.95. The van der Waals surface area contributed by atoms with Gasteiger partial charge in [-0.1, -0.05) is 79.4 Å². The first-order chi connectivity index (χ1) is 20.1. The summed E-state index contributed by atoms with van der Waals surface area (Å²) in [5.74, 6) is -0.628. The van der Waals surface area contributed by atoms with E-state index in [1.54, 1.807) is 43.3 Å². The van der Waals surface area contributed by atoms with Gasteiger partial charge in [-0.3, -0.25) is 13.9 Å². The number of hydrogen-bond acceptors (Lipinski definition) is 4. The van der Waals surface area contributed by atoms with E-state index in [1.807, 2.05) is 57.2 Å². The highest BCUT2D eigenvalue weighted by Gasteiger charge is 2.33. The molecule has 2 amide bonds. The maximum Gasteiger partial charge on any atom is 0.264 e. The SMILES string of the molecule is Cc1ccc(S(=O)(=O)N(CC(=O)N(CCc2ccccc2)[C@H](C)C(=O)NC2CCCCC2)c2cccc(C)c2C)cc1. The third-order valence-corrected chi connectivity index (χ3v) is 10.1. The molecule has 1 aliphatic rings. The highest BCUT2D eigenvalue weighted by molar-refractivity contribution is 7.92. The first kappa shape index (κ1) is 31.3. The van der Waals surface area contributed by atoms with Crippen molar-refractivity contribution in [2.75, 3.05) is 17.4 Å². The van der Waals surface area contributed by atoms with Crippen LogP contribution < -0.4 is 9.62 Å². The predicted octanol–water partition coefficient (Wildman–Crippen LogP) is 5.72. The molecule has 0 radical (unpaired) electrons. The van der Waals surface area contributed by atoms with Crippen molar-refractivity contribution in [1.82, 2.24) is 10.2 Å². The molecule has 0 unspecified atom stereocenters. The Morgan fingerprint density at radius 1 is 0.881 bits per heavy atom. The van der Waals surface area contributed by atoms with Crippen molar-refractivity contribution in [2.45, 2.75) is 83.2 Å². The zero-order valence-corrected chi connectivity index (χ0v) is 26.0. The van der Waals surface area contributed by atoms with E-state index >= 15 is 0 Å². The topological polar surface area (TPSA) is 86.8 Å². The van der Waals surface area contributed by atoms with Gasteiger partial charge in [0.2, 0.25) is 11.8 Å². The molecule has 1 fully saturated rings. The van der Waals surface area contributed by atoms with Crippen molar-refractivity contribution in [3.05, 3.63) is 95.1 Å². The van der Waals surface area contributed by atoms with Crippen molar-refractivity contribution in [3.8, 4) is 0 Å². The molecule has 7 nitrogen and oxygen atoms in total. The van der Waals surface area contributed by atoms with Gasteiger partial charge in [0.25, 0.3) is 10.0 Å². The zero-order chi connectivity index (χ0) is 30.3. The second-order valence-electron chi connectivity index (χ2n) is 11.4. The normalized spacial score (nSPS) is 14.7. The second kappa shape index (κ2) is 14.0. The van der Waals surface area contributed by atoms with Crippen molar-refractivity contribution in [2.24, 2.45) is 0 Å². The van der Waals surface area contributed by atoms with Crippen molar-refractivity contribution < 1.29 is 18.0 Å². The van der Waals surface area contributed by atoms with Gasteiger partial charge in [-0.05, 0) is 81.8 Å². The van der Waals surface area contributed by atoms with Gasteiger partial charge in [-0.15, -0.1) is 0 Å². The van der Waals surface area contributed by atoms with Gasteiger partial charge in [-0.2, -0.15) is 0 Å². The molecule has 3 aromatic rings. The maximum atomic E-state index is 14.2. The van der Waals surface area contributed by atoms with Crippen LogP contribution in [-0.2, 0) is 26.0 Å². The highest BCUT2D eigenvalue weighted by atomic mass is 32.2. The number of aryl methyl sites for hydroxylation is 2. The van der Waals surface area contributed by atoms with Crippen molar-refractivity contribution >= 4 is 27.5 Å². The lowest BCUT2D eigenvalue weighted by Gasteiger charge is -2.33. The number of nitrogens with one attached hydrogen (secondary N) is 1. The number of hydrogen-bond donors (Lipinski definition) is 1. The summed E-state index contributed by atoms with van der Waals surface area (Å²) in [6.45, 7) is 7.27. The van der Waals surface area contributed by atoms with E-state index in [0.717, 1.165) is 47.9 Å². The Morgan fingerprint density at radius 2 is 1.55 bits per heavy atom. The second-order valence-corrected chi connectivity index (χ2v) is 13.2. The average molecular weight is 590 g/mol. The summed E-state index contributed by atoms with van der Waals surface area (Å²) < 4.78 is 29.4. The smallest absolute Gasteiger partial charge is 0.264 e. The molecule has 0 bridgehead atoms. The lowest BCUT2D eigenvalue weighted by Crippen LogP contribution is -2.53. The summed E-state index contributed by atoms with van der Waals surface area (Å²) in [5.41, 5.74) is 4.12. The molecule has 1 saturated carbocycles. The van der Waals surface area contributed by atoms with E-state index < -0.39 is 28.5 Å². The minimum absolute atomic E-state index is 0.105. The van der Waals surface area contributed by atoms with Crippen LogP contribution in [0.4, 0.5) is 5.69 Å². The fourth-order valence-electron chi connectivity index (χ4n) is 5.50. The average Bonchev–Trinajstić information content (AvgIpc) is 2.98. The van der Waals surface area contributed by atoms with Crippen LogP contribution in [0, 0.1) is 20.8 Å². The van der Waals surface area contributed by atoms with Gasteiger partial charge in [0.05, 0.1) is 10.6 Å². The predicted molar refractivity (Wildman–Crippen MR) is 168 cm³/mol. The zero-order valence-electron chi connectivity index (χ0n) is 25.2. The largest absolute Gasteiger partial charge is 0.352 e.